The Morgan fingerprint density at radius 1 is 1.06 bits per heavy atom. The van der Waals surface area contributed by atoms with Crippen molar-refractivity contribution in [3.63, 3.8) is 0 Å². The first-order valence-electron chi connectivity index (χ1n) is 10.6. The van der Waals surface area contributed by atoms with Crippen LogP contribution in [0.25, 0.3) is 22.3 Å². The molecular formula is C25H25NO5. The van der Waals surface area contributed by atoms with Crippen LogP contribution in [0.5, 0.6) is 0 Å². The number of carbonyl (C=O) groups excluding carboxylic acids is 2. The van der Waals surface area contributed by atoms with Gasteiger partial charge in [-0.25, -0.2) is 0 Å². The average Bonchev–Trinajstić information content (AvgIpc) is 2.81. The molecule has 31 heavy (non-hydrogen) atoms. The van der Waals surface area contributed by atoms with Crippen LogP contribution in [0.1, 0.15) is 35.7 Å². The number of hydrogen-bond donors (Lipinski definition) is 0. The summed E-state index contributed by atoms with van der Waals surface area (Å²) < 4.78 is 11.3. The van der Waals surface area contributed by atoms with Gasteiger partial charge < -0.3 is 14.1 Å². The van der Waals surface area contributed by atoms with Crippen molar-refractivity contribution in [2.75, 3.05) is 19.7 Å². The fourth-order valence-corrected chi connectivity index (χ4v) is 4.09. The third-order valence-electron chi connectivity index (χ3n) is 5.81. The highest BCUT2D eigenvalue weighted by atomic mass is 16.5. The van der Waals surface area contributed by atoms with E-state index in [-0.39, 0.29) is 23.2 Å². The number of piperidine rings is 1. The second-order valence-corrected chi connectivity index (χ2v) is 7.75. The normalized spacial score (nSPS) is 14.6. The number of likely N-dealkylation sites (tertiary alicyclic amines) is 1. The third kappa shape index (κ3) is 3.98. The minimum atomic E-state index is -0.200. The second kappa shape index (κ2) is 8.76. The predicted molar refractivity (Wildman–Crippen MR) is 118 cm³/mol. The van der Waals surface area contributed by atoms with E-state index in [0.717, 1.165) is 5.56 Å². The molecule has 1 aliphatic rings. The van der Waals surface area contributed by atoms with Crippen molar-refractivity contribution >= 4 is 22.8 Å². The zero-order valence-electron chi connectivity index (χ0n) is 17.7. The molecule has 0 saturated carbocycles. The lowest BCUT2D eigenvalue weighted by Gasteiger charge is -2.31. The van der Waals surface area contributed by atoms with E-state index < -0.39 is 0 Å². The van der Waals surface area contributed by atoms with E-state index in [1.807, 2.05) is 30.3 Å². The smallest absolute Gasteiger partial charge is 0.309 e. The van der Waals surface area contributed by atoms with Gasteiger partial charge in [0.25, 0.3) is 5.91 Å². The summed E-state index contributed by atoms with van der Waals surface area (Å²) >= 11 is 0. The minimum absolute atomic E-state index is 0.143. The number of nitrogens with zero attached hydrogens (tertiary/aromatic N) is 1. The molecular weight excluding hydrogens is 394 g/mol. The van der Waals surface area contributed by atoms with Crippen LogP contribution in [0.3, 0.4) is 0 Å². The molecule has 1 amide bonds. The van der Waals surface area contributed by atoms with Crippen LogP contribution in [-0.2, 0) is 9.53 Å². The zero-order chi connectivity index (χ0) is 22.0. The van der Waals surface area contributed by atoms with Crippen molar-refractivity contribution in [1.82, 2.24) is 4.90 Å². The van der Waals surface area contributed by atoms with E-state index in [9.17, 15) is 14.4 Å². The van der Waals surface area contributed by atoms with Crippen molar-refractivity contribution < 1.29 is 18.7 Å². The van der Waals surface area contributed by atoms with E-state index in [2.05, 4.69) is 0 Å². The highest BCUT2D eigenvalue weighted by molar-refractivity contribution is 6.05. The number of ether oxygens (including phenoxy) is 1. The summed E-state index contributed by atoms with van der Waals surface area (Å²) in [6.07, 6.45) is 1.13. The quantitative estimate of drug-likeness (QED) is 0.593. The molecule has 1 aromatic heterocycles. The molecule has 2 heterocycles. The molecule has 0 N–H and O–H groups in total. The molecule has 6 nitrogen and oxygen atoms in total. The summed E-state index contributed by atoms with van der Waals surface area (Å²) in [6, 6.07) is 14.5. The van der Waals surface area contributed by atoms with E-state index in [4.69, 9.17) is 9.15 Å². The van der Waals surface area contributed by atoms with Crippen LogP contribution in [0, 0.1) is 12.8 Å². The molecule has 2 aromatic carbocycles. The monoisotopic (exact) mass is 419 g/mol. The number of rotatable bonds is 4. The number of hydrogen-bond acceptors (Lipinski definition) is 5. The van der Waals surface area contributed by atoms with Gasteiger partial charge in [0, 0.05) is 24.2 Å². The van der Waals surface area contributed by atoms with Gasteiger partial charge in [0.1, 0.15) is 5.76 Å². The fraction of sp³-hybridized carbons (Fsp3) is 0.320. The lowest BCUT2D eigenvalue weighted by atomic mass is 9.96. The van der Waals surface area contributed by atoms with Crippen LogP contribution in [0.2, 0.25) is 0 Å². The molecule has 0 atom stereocenters. The van der Waals surface area contributed by atoms with Crippen molar-refractivity contribution in [2.45, 2.75) is 26.7 Å². The molecule has 0 aliphatic carbocycles. The van der Waals surface area contributed by atoms with Crippen LogP contribution in [0.4, 0.5) is 0 Å². The Morgan fingerprint density at radius 2 is 1.77 bits per heavy atom. The third-order valence-corrected chi connectivity index (χ3v) is 5.81. The number of amides is 1. The van der Waals surface area contributed by atoms with Gasteiger partial charge in [0.05, 0.1) is 23.5 Å². The molecule has 0 bridgehead atoms. The largest absolute Gasteiger partial charge is 0.466 e. The van der Waals surface area contributed by atoms with E-state index in [0.29, 0.717) is 60.4 Å². The summed E-state index contributed by atoms with van der Waals surface area (Å²) in [5.41, 5.74) is 1.82. The zero-order valence-corrected chi connectivity index (χ0v) is 17.7. The maximum atomic E-state index is 13.3. The number of para-hydroxylation sites is 1. The van der Waals surface area contributed by atoms with Crippen molar-refractivity contribution in [3.8, 4) is 11.3 Å². The highest BCUT2D eigenvalue weighted by Gasteiger charge is 2.30. The first-order valence-corrected chi connectivity index (χ1v) is 10.6. The van der Waals surface area contributed by atoms with E-state index in [1.165, 1.54) is 0 Å². The Labute approximate surface area is 180 Å². The van der Waals surface area contributed by atoms with Crippen LogP contribution < -0.4 is 5.43 Å². The molecule has 1 fully saturated rings. The van der Waals surface area contributed by atoms with E-state index in [1.54, 1.807) is 36.9 Å². The first kappa shape index (κ1) is 20.8. The van der Waals surface area contributed by atoms with Gasteiger partial charge in [-0.3, -0.25) is 14.4 Å². The van der Waals surface area contributed by atoms with Gasteiger partial charge in [0.15, 0.2) is 11.0 Å². The fourth-order valence-electron chi connectivity index (χ4n) is 4.09. The second-order valence-electron chi connectivity index (χ2n) is 7.75. The molecule has 1 saturated heterocycles. The van der Waals surface area contributed by atoms with Gasteiger partial charge in [-0.2, -0.15) is 0 Å². The molecule has 4 rings (SSSR count). The molecule has 160 valence electrons. The lowest BCUT2D eigenvalue weighted by molar-refractivity contribution is -0.149. The Balaban J connectivity index is 1.68. The van der Waals surface area contributed by atoms with Crippen LogP contribution in [-0.4, -0.2) is 36.5 Å². The number of fused-ring (bicyclic) bond motifs is 1. The van der Waals surface area contributed by atoms with Gasteiger partial charge in [0.2, 0.25) is 0 Å². The SMILES string of the molecule is CCOC(=O)C1CCN(C(=O)c2cccc3c(=O)c(C)c(-c4ccccc4)oc23)CC1. The molecule has 3 aromatic rings. The Bertz CT molecular complexity index is 1170. The van der Waals surface area contributed by atoms with Gasteiger partial charge >= 0.3 is 5.97 Å². The minimum Gasteiger partial charge on any atom is -0.466 e. The maximum Gasteiger partial charge on any atom is 0.309 e. The van der Waals surface area contributed by atoms with Crippen LogP contribution in [0.15, 0.2) is 57.7 Å². The van der Waals surface area contributed by atoms with E-state index >= 15 is 0 Å². The summed E-state index contributed by atoms with van der Waals surface area (Å²) in [4.78, 5) is 40.0. The van der Waals surface area contributed by atoms with Gasteiger partial charge in [-0.1, -0.05) is 36.4 Å². The molecule has 0 radical (unpaired) electrons. The molecule has 6 heteroatoms. The summed E-state index contributed by atoms with van der Waals surface area (Å²) in [6.45, 7) is 4.80. The predicted octanol–water partition coefficient (Wildman–Crippen LogP) is 4.18. The van der Waals surface area contributed by atoms with Gasteiger partial charge in [-0.15, -0.1) is 0 Å². The Hall–Kier alpha value is -3.41. The van der Waals surface area contributed by atoms with Crippen LogP contribution >= 0.6 is 0 Å². The topological polar surface area (TPSA) is 76.8 Å². The molecule has 0 unspecified atom stereocenters. The van der Waals surface area contributed by atoms with Gasteiger partial charge in [-0.05, 0) is 38.8 Å². The standard InChI is InChI=1S/C25H25NO5/c1-3-30-25(29)18-12-14-26(15-13-18)24(28)20-11-7-10-19-21(27)16(2)22(31-23(19)20)17-8-5-4-6-9-17/h4-11,18H,3,12-15H2,1-2H3. The number of esters is 1. The summed E-state index contributed by atoms with van der Waals surface area (Å²) in [7, 11) is 0. The van der Waals surface area contributed by atoms with Crippen molar-refractivity contribution in [2.24, 2.45) is 5.92 Å². The lowest BCUT2D eigenvalue weighted by Crippen LogP contribution is -2.40. The summed E-state index contributed by atoms with van der Waals surface area (Å²) in [5, 5.41) is 0.393. The number of carbonyl (C=O) groups is 2. The molecule has 1 aliphatic heterocycles. The van der Waals surface area contributed by atoms with Crippen molar-refractivity contribution in [3.05, 3.63) is 69.9 Å². The average molecular weight is 419 g/mol. The summed E-state index contributed by atoms with van der Waals surface area (Å²) in [5.74, 6) is -0.103. The Morgan fingerprint density at radius 3 is 2.45 bits per heavy atom. The molecule has 0 spiro atoms. The Kier molecular flexibility index (Phi) is 5.89. The number of benzene rings is 2. The first-order chi connectivity index (χ1) is 15.0. The highest BCUT2D eigenvalue weighted by Crippen LogP contribution is 2.29. The maximum absolute atomic E-state index is 13.3. The van der Waals surface area contributed by atoms with Crippen molar-refractivity contribution in [1.29, 1.82) is 0 Å².